The molecule has 21 heteroatoms. The molecule has 0 aliphatic carbocycles. The number of hydrogen-bond acceptors (Lipinski definition) is 11. The third kappa shape index (κ3) is 68.9. The van der Waals surface area contributed by atoms with Gasteiger partial charge in [-0.1, -0.05) is 96.9 Å². The van der Waals surface area contributed by atoms with E-state index in [9.17, 15) is 49.8 Å². The Labute approximate surface area is 476 Å². The van der Waals surface area contributed by atoms with Gasteiger partial charge in [0, 0.05) is 87.6 Å². The minimum atomic E-state index is -3.05. The molecule has 0 aromatic rings. The minimum Gasteiger partial charge on any atom is -0.354 e. The first-order chi connectivity index (χ1) is 34.4. The number of urea groups is 1. The molecule has 0 spiro atoms. The lowest BCUT2D eigenvalue weighted by Gasteiger charge is -2.11. The Morgan fingerprint density at radius 2 is 0.688 bits per heavy atom. The molecule has 0 aromatic carbocycles. The topological polar surface area (TPSA) is 272 Å². The number of carbonyl (C=O) groups excluding carboxylic acids is 6. The van der Waals surface area contributed by atoms with Crippen LogP contribution in [0.4, 0.5) is 4.79 Å². The molecule has 77 heavy (non-hydrogen) atoms. The smallest absolute Gasteiger partial charge is 0.315 e. The van der Waals surface area contributed by atoms with Crippen molar-refractivity contribution >= 4 is 66.1 Å². The molecule has 0 unspecified atom stereocenters. The van der Waals surface area contributed by atoms with E-state index in [0.717, 1.165) is 0 Å². The van der Waals surface area contributed by atoms with Crippen molar-refractivity contribution in [1.29, 1.82) is 0 Å². The Hall–Kier alpha value is -3.17. The summed E-state index contributed by atoms with van der Waals surface area (Å²) in [4.78, 5) is 65.6. The molecule has 7 N–H and O–H groups in total. The van der Waals surface area contributed by atoms with Gasteiger partial charge < -0.3 is 31.9 Å². The number of amides is 6. The molecule has 0 heterocycles. The average Bonchev–Trinajstić information content (AvgIpc) is 3.21. The van der Waals surface area contributed by atoms with Gasteiger partial charge in [0.2, 0.25) is 33.7 Å². The van der Waals surface area contributed by atoms with Crippen LogP contribution in [0.15, 0.2) is 0 Å². The predicted molar refractivity (Wildman–Crippen MR) is 329 cm³/mol. The number of sulfonamides is 1. The summed E-state index contributed by atoms with van der Waals surface area (Å²) in [6.45, 7) is 60.2. The number of carbonyl (C=O) groups is 6. The van der Waals surface area contributed by atoms with Gasteiger partial charge in [0.25, 0.3) is 0 Å². The average molecular weight is 1170 g/mol. The standard InChI is InChI=1S/C9H18N2O2.C8H17NO.C7H16N2O.C7H15NO.C7H14O.C6H15NO2S.C6H14O2S.C6H14OS/c1-6(2)9(13)10-5-8(12)11-7(3)4;1-6(2)5-8(10)9-7(3)4;1-5(2)8-7(10)9-6(3)4;1-5(2)7(9)8-6(3)4;1-5(2)7(8)6(3)4;1-5(2)7-10(8,9)6(3)4;1-5(2)9(7,8)6(3)4;1-5(2)8(7)6(3)4/h6-7H,5H2,1-4H3,(H,10,13)(H,11,12);6-7H,5H2,1-4H3,(H,9,10);5-6H,1-4H3,(H2,8,9,10);5-6H,1-4H3,(H,8,9);5-6H,1-4H3;5-7H,1-4H3;5-6H,1-4H3;5-6H,1-4H3. The van der Waals surface area contributed by atoms with E-state index >= 15 is 0 Å². The SMILES string of the molecule is CC(C)C(=O)C(C)C.CC(C)CC(=O)NC(C)C.CC(C)NC(=O)C(C)C.CC(C)NC(=O)CNC(=O)C(C)C.CC(C)NC(=O)NC(C)C.CC(C)NS(=O)(=O)C(C)C.CC(C)S(=O)(=O)C(C)C.CC(C)S(=O)C(C)C. The maximum Gasteiger partial charge on any atom is 0.315 e. The largest absolute Gasteiger partial charge is 0.354 e. The van der Waals surface area contributed by atoms with E-state index in [1.54, 1.807) is 69.2 Å². The van der Waals surface area contributed by atoms with Crippen LogP contribution in [-0.4, -0.2) is 126 Å². The van der Waals surface area contributed by atoms with Crippen LogP contribution in [0.2, 0.25) is 0 Å². The Morgan fingerprint density at radius 1 is 0.377 bits per heavy atom. The highest BCUT2D eigenvalue weighted by Gasteiger charge is 2.20. The van der Waals surface area contributed by atoms with Crippen molar-refractivity contribution in [3.05, 3.63) is 0 Å². The molecule has 466 valence electrons. The molecule has 0 radical (unpaired) electrons. The summed E-state index contributed by atoms with van der Waals surface area (Å²) >= 11 is 0. The number of Topliss-reactive ketones (excluding diaryl/α,β-unsaturated/α-hetero) is 1. The van der Waals surface area contributed by atoms with Gasteiger partial charge >= 0.3 is 6.03 Å². The maximum absolute atomic E-state index is 11.1. The van der Waals surface area contributed by atoms with E-state index in [0.29, 0.717) is 28.6 Å². The molecule has 0 aliphatic heterocycles. The van der Waals surface area contributed by atoms with Crippen molar-refractivity contribution in [3.63, 3.8) is 0 Å². The molecule has 0 fully saturated rings. The third-order valence-electron chi connectivity index (χ3n) is 8.64. The zero-order valence-corrected chi connectivity index (χ0v) is 57.3. The molecule has 0 aliphatic rings. The molecule has 0 atom stereocenters. The van der Waals surface area contributed by atoms with Gasteiger partial charge in [-0.25, -0.2) is 26.4 Å². The van der Waals surface area contributed by atoms with Crippen molar-refractivity contribution < 1.29 is 49.8 Å². The van der Waals surface area contributed by atoms with E-state index in [4.69, 9.17) is 0 Å². The van der Waals surface area contributed by atoms with Crippen molar-refractivity contribution in [2.75, 3.05) is 6.54 Å². The first kappa shape index (κ1) is 90.4. The molecule has 0 bridgehead atoms. The quantitative estimate of drug-likeness (QED) is 0.0603. The third-order valence-corrected chi connectivity index (χ3v) is 15.2. The van der Waals surface area contributed by atoms with E-state index in [-0.39, 0.29) is 112 Å². The van der Waals surface area contributed by atoms with E-state index in [2.05, 4.69) is 36.6 Å². The van der Waals surface area contributed by atoms with Crippen molar-refractivity contribution in [2.45, 2.75) is 290 Å². The Bertz CT molecular complexity index is 1680. The lowest BCUT2D eigenvalue weighted by Crippen LogP contribution is -2.42. The van der Waals surface area contributed by atoms with Gasteiger partial charge in [0.15, 0.2) is 9.84 Å². The van der Waals surface area contributed by atoms with E-state index in [1.165, 1.54) is 0 Å². The number of rotatable bonds is 20. The highest BCUT2D eigenvalue weighted by molar-refractivity contribution is 7.92. The van der Waals surface area contributed by atoms with Crippen LogP contribution in [0.25, 0.3) is 0 Å². The molecule has 0 aromatic heterocycles. The first-order valence-corrected chi connectivity index (χ1v) is 32.2. The van der Waals surface area contributed by atoms with Crippen LogP contribution in [0.3, 0.4) is 0 Å². The Kier molecular flexibility index (Phi) is 58.5. The summed E-state index contributed by atoms with van der Waals surface area (Å²) in [7, 11) is -6.49. The molecule has 6 amide bonds. The fourth-order valence-corrected chi connectivity index (χ4v) is 7.84. The molecular formula is C56H123N7O11S3. The molecular weight excluding hydrogens is 1040 g/mol. The summed E-state index contributed by atoms with van der Waals surface area (Å²) in [6.07, 6.45) is 0.637. The summed E-state index contributed by atoms with van der Waals surface area (Å²) in [5, 5.41) is 16.1. The van der Waals surface area contributed by atoms with Crippen molar-refractivity contribution in [2.24, 2.45) is 29.6 Å². The second kappa shape index (κ2) is 49.8. The predicted octanol–water partition coefficient (Wildman–Crippen LogP) is 9.47. The van der Waals surface area contributed by atoms with Gasteiger partial charge in [0.1, 0.15) is 5.78 Å². The van der Waals surface area contributed by atoms with Crippen LogP contribution in [0.1, 0.15) is 228 Å². The van der Waals surface area contributed by atoms with Crippen LogP contribution in [0, 0.1) is 29.6 Å². The normalized spacial score (nSPS) is 11.2. The summed E-state index contributed by atoms with van der Waals surface area (Å²) in [5.41, 5.74) is 0. The van der Waals surface area contributed by atoms with Crippen molar-refractivity contribution in [3.8, 4) is 0 Å². The second-order valence-electron chi connectivity index (χ2n) is 23.4. The number of ketones is 1. The van der Waals surface area contributed by atoms with Gasteiger partial charge in [-0.05, 0) is 131 Å². The van der Waals surface area contributed by atoms with Crippen LogP contribution >= 0.6 is 0 Å². The Balaban J connectivity index is -0.000000118. The fourth-order valence-electron chi connectivity index (χ4n) is 4.73. The number of nitrogens with one attached hydrogen (secondary N) is 7. The summed E-state index contributed by atoms with van der Waals surface area (Å²) < 4.78 is 57.6. The van der Waals surface area contributed by atoms with E-state index in [1.807, 2.05) is 152 Å². The zero-order chi connectivity index (χ0) is 63.6. The monoisotopic (exact) mass is 1170 g/mol. The molecule has 0 rings (SSSR count). The summed E-state index contributed by atoms with van der Waals surface area (Å²) in [5.74, 6) is 1.28. The maximum atomic E-state index is 11.1. The second-order valence-corrected chi connectivity index (χ2v) is 31.2. The van der Waals surface area contributed by atoms with Gasteiger partial charge in [0.05, 0.1) is 22.3 Å². The highest BCUT2D eigenvalue weighted by atomic mass is 32.2. The first-order valence-electron chi connectivity index (χ1n) is 27.8. The minimum absolute atomic E-state index is 0.00704. The molecule has 0 saturated carbocycles. The zero-order valence-electron chi connectivity index (χ0n) is 54.9. The fraction of sp³-hybridized carbons (Fsp3) is 0.893. The van der Waals surface area contributed by atoms with Crippen LogP contribution in [0.5, 0.6) is 0 Å². The van der Waals surface area contributed by atoms with Crippen LogP contribution < -0.4 is 36.6 Å². The lowest BCUT2D eigenvalue weighted by molar-refractivity contribution is -0.128. The Morgan fingerprint density at radius 3 is 0.844 bits per heavy atom. The van der Waals surface area contributed by atoms with Gasteiger partial charge in [-0.2, -0.15) is 0 Å². The number of sulfone groups is 1. The van der Waals surface area contributed by atoms with Crippen LogP contribution in [-0.2, 0) is 54.6 Å². The summed E-state index contributed by atoms with van der Waals surface area (Å²) in [6, 6.07) is 0.963. The molecule has 18 nitrogen and oxygen atoms in total. The lowest BCUT2D eigenvalue weighted by atomic mass is 9.99. The number of hydrogen-bond donors (Lipinski definition) is 7. The van der Waals surface area contributed by atoms with E-state index < -0.39 is 30.7 Å². The highest BCUT2D eigenvalue weighted by Crippen LogP contribution is 2.07. The van der Waals surface area contributed by atoms with Gasteiger partial charge in [-0.15, -0.1) is 0 Å². The molecule has 0 saturated heterocycles. The van der Waals surface area contributed by atoms with Crippen molar-refractivity contribution in [1.82, 2.24) is 36.6 Å². The van der Waals surface area contributed by atoms with Gasteiger partial charge in [-0.3, -0.25) is 28.2 Å².